The number of thioether (sulfide) groups is 1. The van der Waals surface area contributed by atoms with Gasteiger partial charge in [0, 0.05) is 18.4 Å². The van der Waals surface area contributed by atoms with Gasteiger partial charge >= 0.3 is 0 Å². The zero-order chi connectivity index (χ0) is 17.2. The van der Waals surface area contributed by atoms with Crippen molar-refractivity contribution in [1.29, 1.82) is 0 Å². The Labute approximate surface area is 153 Å². The Morgan fingerprint density at radius 2 is 2.04 bits per heavy atom. The van der Waals surface area contributed by atoms with Gasteiger partial charge in [0.2, 0.25) is 5.89 Å². The Balaban J connectivity index is 1.50. The lowest BCUT2D eigenvalue weighted by Gasteiger charge is -2.05. The Morgan fingerprint density at radius 3 is 2.84 bits per heavy atom. The van der Waals surface area contributed by atoms with Crippen LogP contribution < -0.4 is 0 Å². The van der Waals surface area contributed by atoms with Crippen LogP contribution in [-0.4, -0.2) is 19.7 Å². The van der Waals surface area contributed by atoms with Crippen LogP contribution >= 0.6 is 23.1 Å². The lowest BCUT2D eigenvalue weighted by molar-refractivity contribution is 0.575. The SMILES string of the molecule is Cc1ccccc1-c1nnc(SCc2coc(-c3cccs3)n2)n1C. The first-order chi connectivity index (χ1) is 12.2. The van der Waals surface area contributed by atoms with Crippen LogP contribution in [0.5, 0.6) is 0 Å². The van der Waals surface area contributed by atoms with E-state index in [9.17, 15) is 0 Å². The maximum absolute atomic E-state index is 5.56. The first-order valence-corrected chi connectivity index (χ1v) is 9.65. The summed E-state index contributed by atoms with van der Waals surface area (Å²) in [6.45, 7) is 2.08. The van der Waals surface area contributed by atoms with Crippen LogP contribution in [0.2, 0.25) is 0 Å². The molecule has 0 saturated carbocycles. The van der Waals surface area contributed by atoms with E-state index in [1.54, 1.807) is 29.4 Å². The number of nitrogens with zero attached hydrogens (tertiary/aromatic N) is 4. The molecule has 1 aromatic carbocycles. The van der Waals surface area contributed by atoms with E-state index in [4.69, 9.17) is 4.42 Å². The van der Waals surface area contributed by atoms with Crippen molar-refractivity contribution in [3.05, 3.63) is 59.3 Å². The molecule has 7 heteroatoms. The van der Waals surface area contributed by atoms with Crippen LogP contribution in [0.1, 0.15) is 11.3 Å². The Morgan fingerprint density at radius 1 is 1.16 bits per heavy atom. The largest absolute Gasteiger partial charge is 0.444 e. The summed E-state index contributed by atoms with van der Waals surface area (Å²) in [6.07, 6.45) is 1.71. The third kappa shape index (κ3) is 3.25. The molecule has 0 amide bonds. The van der Waals surface area contributed by atoms with Gasteiger partial charge in [-0.25, -0.2) is 4.98 Å². The molecule has 5 nitrogen and oxygen atoms in total. The average molecular weight is 368 g/mol. The summed E-state index contributed by atoms with van der Waals surface area (Å²) in [5.41, 5.74) is 3.19. The van der Waals surface area contributed by atoms with E-state index >= 15 is 0 Å². The van der Waals surface area contributed by atoms with Gasteiger partial charge in [-0.1, -0.05) is 42.1 Å². The van der Waals surface area contributed by atoms with Crippen LogP contribution in [0, 0.1) is 6.92 Å². The molecule has 0 aliphatic heterocycles. The quantitative estimate of drug-likeness (QED) is 0.474. The maximum Gasteiger partial charge on any atom is 0.236 e. The molecule has 3 heterocycles. The first-order valence-electron chi connectivity index (χ1n) is 7.79. The summed E-state index contributed by atoms with van der Waals surface area (Å²) in [5, 5.41) is 11.6. The standard InChI is InChI=1S/C18H16N4OS2/c1-12-6-3-4-7-14(12)16-20-21-18(22(16)2)25-11-13-10-23-17(19-13)15-8-5-9-24-15/h3-10H,11H2,1-2H3. The predicted molar refractivity (Wildman–Crippen MR) is 101 cm³/mol. The van der Waals surface area contributed by atoms with Crippen LogP contribution in [0.4, 0.5) is 0 Å². The third-order valence-corrected chi connectivity index (χ3v) is 5.77. The molecule has 0 saturated heterocycles. The number of thiophene rings is 1. The fourth-order valence-corrected chi connectivity index (χ4v) is 3.97. The van der Waals surface area contributed by atoms with Gasteiger partial charge in [0.25, 0.3) is 0 Å². The van der Waals surface area contributed by atoms with Crippen molar-refractivity contribution in [2.45, 2.75) is 17.8 Å². The van der Waals surface area contributed by atoms with Crippen LogP contribution in [0.15, 0.2) is 57.6 Å². The molecule has 0 spiro atoms. The third-order valence-electron chi connectivity index (χ3n) is 3.85. The first kappa shape index (κ1) is 16.1. The summed E-state index contributed by atoms with van der Waals surface area (Å²) in [4.78, 5) is 5.58. The van der Waals surface area contributed by atoms with E-state index in [-0.39, 0.29) is 0 Å². The highest BCUT2D eigenvalue weighted by atomic mass is 32.2. The Kier molecular flexibility index (Phi) is 4.42. The van der Waals surface area contributed by atoms with Crippen molar-refractivity contribution in [2.75, 3.05) is 0 Å². The summed E-state index contributed by atoms with van der Waals surface area (Å²) in [7, 11) is 1.99. The fraction of sp³-hybridized carbons (Fsp3) is 0.167. The van der Waals surface area contributed by atoms with Gasteiger partial charge in [-0.05, 0) is 23.9 Å². The molecule has 0 N–H and O–H groups in total. The molecule has 0 bridgehead atoms. The molecule has 3 aromatic heterocycles. The lowest BCUT2D eigenvalue weighted by atomic mass is 10.1. The maximum atomic E-state index is 5.56. The molecular formula is C18H16N4OS2. The molecule has 0 atom stereocenters. The van der Waals surface area contributed by atoms with E-state index < -0.39 is 0 Å². The predicted octanol–water partition coefficient (Wildman–Crippen LogP) is 4.80. The minimum absolute atomic E-state index is 0.671. The van der Waals surface area contributed by atoms with Gasteiger partial charge in [-0.2, -0.15) is 0 Å². The number of hydrogen-bond donors (Lipinski definition) is 0. The second kappa shape index (κ2) is 6.85. The van der Waals surface area contributed by atoms with Crippen molar-refractivity contribution in [3.8, 4) is 22.2 Å². The van der Waals surface area contributed by atoms with E-state index in [1.165, 1.54) is 5.56 Å². The van der Waals surface area contributed by atoms with E-state index in [1.807, 2.05) is 41.3 Å². The van der Waals surface area contributed by atoms with Crippen molar-refractivity contribution in [1.82, 2.24) is 19.7 Å². The van der Waals surface area contributed by atoms with Gasteiger partial charge in [0.05, 0.1) is 10.6 Å². The molecule has 0 aliphatic rings. The van der Waals surface area contributed by atoms with Crippen molar-refractivity contribution in [2.24, 2.45) is 7.05 Å². The van der Waals surface area contributed by atoms with Gasteiger partial charge in [0.1, 0.15) is 6.26 Å². The number of oxazole rings is 1. The molecule has 25 heavy (non-hydrogen) atoms. The highest BCUT2D eigenvalue weighted by molar-refractivity contribution is 7.98. The zero-order valence-corrected chi connectivity index (χ0v) is 15.5. The van der Waals surface area contributed by atoms with Crippen LogP contribution in [0.25, 0.3) is 22.2 Å². The fourth-order valence-electron chi connectivity index (χ4n) is 2.52. The van der Waals surface area contributed by atoms with Crippen molar-refractivity contribution < 1.29 is 4.42 Å². The van der Waals surface area contributed by atoms with Gasteiger partial charge in [-0.15, -0.1) is 21.5 Å². The van der Waals surface area contributed by atoms with E-state index in [2.05, 4.69) is 34.2 Å². The molecule has 0 unspecified atom stereocenters. The van der Waals surface area contributed by atoms with E-state index in [0.717, 1.165) is 27.1 Å². The number of rotatable bonds is 5. The summed E-state index contributed by atoms with van der Waals surface area (Å²) < 4.78 is 7.58. The second-order valence-corrected chi connectivity index (χ2v) is 7.48. The number of benzene rings is 1. The monoisotopic (exact) mass is 368 g/mol. The molecule has 4 aromatic rings. The number of hydrogen-bond acceptors (Lipinski definition) is 6. The summed E-state index contributed by atoms with van der Waals surface area (Å²) in [5.74, 6) is 2.23. The highest BCUT2D eigenvalue weighted by Gasteiger charge is 2.14. The van der Waals surface area contributed by atoms with Gasteiger partial charge < -0.3 is 8.98 Å². The Bertz CT molecular complexity index is 988. The highest BCUT2D eigenvalue weighted by Crippen LogP contribution is 2.28. The number of aromatic nitrogens is 4. The van der Waals surface area contributed by atoms with Crippen molar-refractivity contribution in [3.63, 3.8) is 0 Å². The summed E-state index contributed by atoms with van der Waals surface area (Å²) >= 11 is 3.22. The van der Waals surface area contributed by atoms with Crippen LogP contribution in [-0.2, 0) is 12.8 Å². The van der Waals surface area contributed by atoms with E-state index in [0.29, 0.717) is 11.6 Å². The zero-order valence-electron chi connectivity index (χ0n) is 13.8. The molecular weight excluding hydrogens is 352 g/mol. The molecule has 4 rings (SSSR count). The van der Waals surface area contributed by atoms with Crippen molar-refractivity contribution >= 4 is 23.1 Å². The topological polar surface area (TPSA) is 56.7 Å². The molecule has 126 valence electrons. The molecule has 0 radical (unpaired) electrons. The smallest absolute Gasteiger partial charge is 0.236 e. The molecule has 0 aliphatic carbocycles. The number of aryl methyl sites for hydroxylation is 1. The van der Waals surface area contributed by atoms with Gasteiger partial charge in [0.15, 0.2) is 11.0 Å². The van der Waals surface area contributed by atoms with Gasteiger partial charge in [-0.3, -0.25) is 0 Å². The normalized spacial score (nSPS) is 11.1. The molecule has 0 fully saturated rings. The summed E-state index contributed by atoms with van der Waals surface area (Å²) in [6, 6.07) is 12.2. The van der Waals surface area contributed by atoms with Crippen LogP contribution in [0.3, 0.4) is 0 Å². The second-order valence-electron chi connectivity index (χ2n) is 5.59. The Hall–Kier alpha value is -2.38. The minimum Gasteiger partial charge on any atom is -0.444 e. The minimum atomic E-state index is 0.671. The average Bonchev–Trinajstić information content (AvgIpc) is 3.35. The lowest BCUT2D eigenvalue weighted by Crippen LogP contribution is -1.96.